The van der Waals surface area contributed by atoms with E-state index >= 15 is 0 Å². The van der Waals surface area contributed by atoms with Crippen molar-refractivity contribution in [1.29, 1.82) is 0 Å². The minimum absolute atomic E-state index is 0.00305. The first kappa shape index (κ1) is 20.6. The average molecular weight is 393 g/mol. The van der Waals surface area contributed by atoms with Crippen LogP contribution in [-0.4, -0.2) is 33.8 Å². The van der Waals surface area contributed by atoms with E-state index in [4.69, 9.17) is 0 Å². The van der Waals surface area contributed by atoms with E-state index in [0.29, 0.717) is 29.9 Å². The Balaban J connectivity index is 1.85. The number of nitrogens with one attached hydrogen (secondary N) is 1. The minimum Gasteiger partial charge on any atom is -0.347 e. The maximum absolute atomic E-state index is 12.8. The van der Waals surface area contributed by atoms with Crippen molar-refractivity contribution in [1.82, 2.24) is 14.7 Å². The van der Waals surface area contributed by atoms with E-state index in [1.807, 2.05) is 62.4 Å². The Morgan fingerprint density at radius 3 is 2.45 bits per heavy atom. The number of carbonyl (C=O) groups excluding carboxylic acids is 2. The lowest BCUT2D eigenvalue weighted by atomic mass is 10.1. The van der Waals surface area contributed by atoms with Crippen LogP contribution in [0.25, 0.3) is 5.65 Å². The summed E-state index contributed by atoms with van der Waals surface area (Å²) in [5.41, 5.74) is 2.77. The average Bonchev–Trinajstić information content (AvgIpc) is 2.99. The lowest BCUT2D eigenvalue weighted by molar-refractivity contribution is -0.118. The smallest absolute Gasteiger partial charge is 0.253 e. The lowest BCUT2D eigenvalue weighted by Crippen LogP contribution is -2.40. The molecule has 2 aromatic heterocycles. The number of nitrogens with zero attached hydrogens (tertiary/aromatic N) is 3. The van der Waals surface area contributed by atoms with Gasteiger partial charge in [0.2, 0.25) is 5.91 Å². The van der Waals surface area contributed by atoms with Crippen LogP contribution < -0.4 is 10.2 Å². The lowest BCUT2D eigenvalue weighted by Gasteiger charge is -2.21. The van der Waals surface area contributed by atoms with Gasteiger partial charge in [0.15, 0.2) is 0 Å². The third-order valence-electron chi connectivity index (χ3n) is 4.67. The highest BCUT2D eigenvalue weighted by molar-refractivity contribution is 5.96. The molecule has 0 spiro atoms. The van der Waals surface area contributed by atoms with Crippen molar-refractivity contribution in [3.8, 4) is 0 Å². The molecule has 1 aromatic carbocycles. The fourth-order valence-electron chi connectivity index (χ4n) is 3.28. The van der Waals surface area contributed by atoms with Crippen LogP contribution in [0, 0.1) is 6.92 Å². The highest BCUT2D eigenvalue weighted by Gasteiger charge is 2.21. The van der Waals surface area contributed by atoms with E-state index in [9.17, 15) is 9.59 Å². The van der Waals surface area contributed by atoms with Crippen LogP contribution in [0.3, 0.4) is 0 Å². The maximum Gasteiger partial charge on any atom is 0.253 e. The summed E-state index contributed by atoms with van der Waals surface area (Å²) in [5, 5.41) is 2.96. The first-order chi connectivity index (χ1) is 13.7. The number of aromatic nitrogens is 2. The molecule has 2 heterocycles. The van der Waals surface area contributed by atoms with Crippen LogP contribution in [0.15, 0.2) is 48.7 Å². The zero-order valence-electron chi connectivity index (χ0n) is 17.7. The van der Waals surface area contributed by atoms with Gasteiger partial charge in [-0.3, -0.25) is 18.9 Å². The highest BCUT2D eigenvalue weighted by atomic mass is 16.2. The second-order valence-electron chi connectivity index (χ2n) is 8.31. The van der Waals surface area contributed by atoms with E-state index < -0.39 is 0 Å². The normalized spacial score (nSPS) is 11.5. The third kappa shape index (κ3) is 4.83. The van der Waals surface area contributed by atoms with Gasteiger partial charge in [0.1, 0.15) is 11.5 Å². The first-order valence-electron chi connectivity index (χ1n) is 9.77. The van der Waals surface area contributed by atoms with Gasteiger partial charge in [-0.1, -0.05) is 30.3 Å². The Kier molecular flexibility index (Phi) is 5.73. The van der Waals surface area contributed by atoms with Crippen molar-refractivity contribution < 1.29 is 9.59 Å². The van der Waals surface area contributed by atoms with Gasteiger partial charge >= 0.3 is 0 Å². The predicted octanol–water partition coefficient (Wildman–Crippen LogP) is 3.77. The van der Waals surface area contributed by atoms with Crippen LogP contribution in [0.4, 0.5) is 5.82 Å². The fraction of sp³-hybridized carbons (Fsp3) is 0.348. The van der Waals surface area contributed by atoms with Gasteiger partial charge in [-0.15, -0.1) is 0 Å². The molecule has 0 aliphatic rings. The number of fused-ring (bicyclic) bond motifs is 1. The Morgan fingerprint density at radius 2 is 1.79 bits per heavy atom. The number of amides is 2. The maximum atomic E-state index is 12.8. The van der Waals surface area contributed by atoms with Crippen molar-refractivity contribution in [2.24, 2.45) is 0 Å². The first-order valence-corrected chi connectivity index (χ1v) is 9.77. The number of hydrogen-bond acceptors (Lipinski definition) is 3. The molecule has 0 saturated heterocycles. The SMILES string of the molecule is Cc1nc2ccc(C(=O)NC(C)(C)C)cn2c1N(C)C(=O)CCc1ccccc1. The third-order valence-corrected chi connectivity index (χ3v) is 4.67. The molecule has 6 nitrogen and oxygen atoms in total. The second kappa shape index (κ2) is 8.07. The van der Waals surface area contributed by atoms with E-state index in [1.165, 1.54) is 0 Å². The van der Waals surface area contributed by atoms with E-state index in [-0.39, 0.29) is 17.4 Å². The van der Waals surface area contributed by atoms with Crippen LogP contribution in [0.1, 0.15) is 48.8 Å². The molecular formula is C23H28N4O2. The highest BCUT2D eigenvalue weighted by Crippen LogP contribution is 2.23. The molecule has 0 radical (unpaired) electrons. The summed E-state index contributed by atoms with van der Waals surface area (Å²) in [5.74, 6) is 0.529. The Labute approximate surface area is 171 Å². The zero-order valence-corrected chi connectivity index (χ0v) is 17.7. The number of rotatable bonds is 5. The molecule has 0 aliphatic heterocycles. The van der Waals surface area contributed by atoms with Gasteiger partial charge in [0, 0.05) is 25.2 Å². The molecule has 0 fully saturated rings. The summed E-state index contributed by atoms with van der Waals surface area (Å²) in [4.78, 5) is 31.6. The van der Waals surface area contributed by atoms with Crippen LogP contribution in [-0.2, 0) is 11.2 Å². The van der Waals surface area contributed by atoms with Gasteiger partial charge in [0.05, 0.1) is 11.3 Å². The van der Waals surface area contributed by atoms with Gasteiger partial charge in [0.25, 0.3) is 5.91 Å². The van der Waals surface area contributed by atoms with Crippen LogP contribution in [0.2, 0.25) is 0 Å². The number of anilines is 1. The molecular weight excluding hydrogens is 364 g/mol. The number of imidazole rings is 1. The summed E-state index contributed by atoms with van der Waals surface area (Å²) in [6.07, 6.45) is 2.82. The zero-order chi connectivity index (χ0) is 21.2. The quantitative estimate of drug-likeness (QED) is 0.719. The number of hydrogen-bond donors (Lipinski definition) is 1. The van der Waals surface area contributed by atoms with Crippen LogP contribution in [0.5, 0.6) is 0 Å². The summed E-state index contributed by atoms with van der Waals surface area (Å²) in [6.45, 7) is 7.69. The van der Waals surface area contributed by atoms with E-state index in [2.05, 4.69) is 10.3 Å². The second-order valence-corrected chi connectivity index (χ2v) is 8.31. The van der Waals surface area contributed by atoms with Crippen molar-refractivity contribution in [2.45, 2.75) is 46.1 Å². The Bertz CT molecular complexity index is 1030. The number of pyridine rings is 1. The summed E-state index contributed by atoms with van der Waals surface area (Å²) in [6, 6.07) is 13.5. The molecule has 6 heteroatoms. The molecule has 0 aliphatic carbocycles. The summed E-state index contributed by atoms with van der Waals surface area (Å²) in [7, 11) is 1.76. The molecule has 0 unspecified atom stereocenters. The molecule has 29 heavy (non-hydrogen) atoms. The largest absolute Gasteiger partial charge is 0.347 e. The predicted molar refractivity (Wildman–Crippen MR) is 115 cm³/mol. The summed E-state index contributed by atoms with van der Waals surface area (Å²) >= 11 is 0. The monoisotopic (exact) mass is 392 g/mol. The van der Waals surface area contributed by atoms with Gasteiger partial charge < -0.3 is 5.32 Å². The van der Waals surface area contributed by atoms with Gasteiger partial charge in [-0.2, -0.15) is 0 Å². The van der Waals surface area contributed by atoms with Crippen molar-refractivity contribution in [3.05, 3.63) is 65.5 Å². The van der Waals surface area contributed by atoms with Crippen molar-refractivity contribution in [2.75, 3.05) is 11.9 Å². The van der Waals surface area contributed by atoms with E-state index in [0.717, 1.165) is 11.3 Å². The standard InChI is InChI=1S/C23H28N4O2/c1-16-22(26(5)20(28)14-11-17-9-7-6-8-10-17)27-15-18(12-13-19(27)24-16)21(29)25-23(2,3)4/h6-10,12-13,15H,11,14H2,1-5H3,(H,25,29). The number of aryl methyl sites for hydroxylation is 2. The molecule has 0 saturated carbocycles. The molecule has 3 rings (SSSR count). The Hall–Kier alpha value is -3.15. The molecule has 3 aromatic rings. The van der Waals surface area contributed by atoms with Gasteiger partial charge in [-0.25, -0.2) is 4.98 Å². The van der Waals surface area contributed by atoms with E-state index in [1.54, 1.807) is 30.3 Å². The van der Waals surface area contributed by atoms with Gasteiger partial charge in [-0.05, 0) is 51.8 Å². The number of carbonyl (C=O) groups is 2. The minimum atomic E-state index is -0.329. The molecule has 0 bridgehead atoms. The van der Waals surface area contributed by atoms with Crippen LogP contribution >= 0.6 is 0 Å². The molecule has 152 valence electrons. The Morgan fingerprint density at radius 1 is 1.10 bits per heavy atom. The molecule has 0 atom stereocenters. The summed E-state index contributed by atoms with van der Waals surface area (Å²) < 4.78 is 1.81. The molecule has 1 N–H and O–H groups in total. The topological polar surface area (TPSA) is 66.7 Å². The number of benzene rings is 1. The fourth-order valence-corrected chi connectivity index (χ4v) is 3.28. The van der Waals surface area contributed by atoms with Crippen molar-refractivity contribution >= 4 is 23.3 Å². The molecule has 2 amide bonds. The van der Waals surface area contributed by atoms with Crippen molar-refractivity contribution in [3.63, 3.8) is 0 Å².